The largest absolute Gasteiger partial charge is 0.480 e. The number of likely N-dealkylation sites (tertiary alicyclic amines) is 1. The van der Waals surface area contributed by atoms with Gasteiger partial charge in [-0.2, -0.15) is 0 Å². The number of carboxylic acids is 1. The molecule has 0 saturated carbocycles. The van der Waals surface area contributed by atoms with Crippen LogP contribution in [-0.4, -0.2) is 52.6 Å². The fourth-order valence-electron chi connectivity index (χ4n) is 2.17. The summed E-state index contributed by atoms with van der Waals surface area (Å²) in [5.74, 6) is -0.940. The lowest BCUT2D eigenvalue weighted by Gasteiger charge is -2.31. The van der Waals surface area contributed by atoms with Crippen molar-refractivity contribution < 1.29 is 14.7 Å². The van der Waals surface area contributed by atoms with E-state index in [1.54, 1.807) is 18.9 Å². The number of hydrogen-bond donors (Lipinski definition) is 1. The number of urea groups is 1. The first-order valence-corrected chi connectivity index (χ1v) is 5.75. The molecule has 1 aliphatic heterocycles. The minimum absolute atomic E-state index is 0.167. The Labute approximate surface area is 96.0 Å². The van der Waals surface area contributed by atoms with E-state index in [0.717, 1.165) is 19.4 Å². The van der Waals surface area contributed by atoms with Gasteiger partial charge in [-0.05, 0) is 26.2 Å². The maximum absolute atomic E-state index is 12.0. The lowest BCUT2D eigenvalue weighted by molar-refractivity contribution is -0.142. The summed E-state index contributed by atoms with van der Waals surface area (Å²) in [5, 5.41) is 8.99. The van der Waals surface area contributed by atoms with Gasteiger partial charge >= 0.3 is 12.0 Å². The van der Waals surface area contributed by atoms with E-state index in [4.69, 9.17) is 5.11 Å². The molecule has 0 aromatic heterocycles. The van der Waals surface area contributed by atoms with Crippen molar-refractivity contribution in [1.82, 2.24) is 9.80 Å². The van der Waals surface area contributed by atoms with Crippen molar-refractivity contribution in [1.29, 1.82) is 0 Å². The molecule has 5 heteroatoms. The highest BCUT2D eigenvalue weighted by molar-refractivity contribution is 5.82. The molecule has 1 heterocycles. The third kappa shape index (κ3) is 2.46. The molecule has 1 saturated heterocycles. The number of likely N-dealkylation sites (N-methyl/N-ethyl adjacent to an activating group) is 1. The Morgan fingerprint density at radius 2 is 2.19 bits per heavy atom. The van der Waals surface area contributed by atoms with Crippen LogP contribution in [0.2, 0.25) is 0 Å². The second-order valence-corrected chi connectivity index (χ2v) is 4.34. The number of aliphatic carboxylic acids is 1. The lowest BCUT2D eigenvalue weighted by Crippen LogP contribution is -2.49. The number of amides is 2. The first kappa shape index (κ1) is 12.8. The van der Waals surface area contributed by atoms with Crippen molar-refractivity contribution in [3.63, 3.8) is 0 Å². The van der Waals surface area contributed by atoms with Crippen LogP contribution in [0.5, 0.6) is 0 Å². The SMILES string of the molecule is CCC(C(=O)O)N(C)C(=O)N1CCCC1C. The monoisotopic (exact) mass is 228 g/mol. The summed E-state index contributed by atoms with van der Waals surface area (Å²) >= 11 is 0. The molecule has 0 spiro atoms. The zero-order valence-corrected chi connectivity index (χ0v) is 10.1. The summed E-state index contributed by atoms with van der Waals surface area (Å²) in [6.45, 7) is 4.51. The van der Waals surface area contributed by atoms with E-state index in [1.165, 1.54) is 4.90 Å². The fourth-order valence-corrected chi connectivity index (χ4v) is 2.17. The third-order valence-corrected chi connectivity index (χ3v) is 3.24. The molecule has 2 unspecified atom stereocenters. The van der Waals surface area contributed by atoms with Gasteiger partial charge in [-0.15, -0.1) is 0 Å². The predicted molar refractivity (Wildman–Crippen MR) is 60.3 cm³/mol. The van der Waals surface area contributed by atoms with Gasteiger partial charge in [-0.1, -0.05) is 6.92 Å². The fraction of sp³-hybridized carbons (Fsp3) is 0.818. The third-order valence-electron chi connectivity index (χ3n) is 3.24. The molecule has 2 amide bonds. The van der Waals surface area contributed by atoms with Crippen LogP contribution in [-0.2, 0) is 4.79 Å². The molecule has 16 heavy (non-hydrogen) atoms. The first-order valence-electron chi connectivity index (χ1n) is 5.75. The lowest BCUT2D eigenvalue weighted by atomic mass is 10.2. The van der Waals surface area contributed by atoms with Crippen LogP contribution >= 0.6 is 0 Å². The molecule has 1 fully saturated rings. The molecular weight excluding hydrogens is 208 g/mol. The Bertz CT molecular complexity index is 280. The smallest absolute Gasteiger partial charge is 0.326 e. The molecule has 5 nitrogen and oxygen atoms in total. The van der Waals surface area contributed by atoms with Crippen LogP contribution < -0.4 is 0 Å². The highest BCUT2D eigenvalue weighted by Gasteiger charge is 2.32. The van der Waals surface area contributed by atoms with E-state index in [0.29, 0.717) is 6.42 Å². The van der Waals surface area contributed by atoms with Gasteiger partial charge in [0.1, 0.15) is 6.04 Å². The average molecular weight is 228 g/mol. The van der Waals surface area contributed by atoms with Crippen molar-refractivity contribution in [2.75, 3.05) is 13.6 Å². The molecule has 2 atom stereocenters. The maximum atomic E-state index is 12.0. The summed E-state index contributed by atoms with van der Waals surface area (Å²) in [6, 6.07) is -0.666. The topological polar surface area (TPSA) is 60.9 Å². The van der Waals surface area contributed by atoms with Gasteiger partial charge in [0.05, 0.1) is 0 Å². The summed E-state index contributed by atoms with van der Waals surface area (Å²) in [4.78, 5) is 26.1. The molecule has 92 valence electrons. The van der Waals surface area contributed by atoms with Crippen molar-refractivity contribution in [2.45, 2.75) is 45.2 Å². The summed E-state index contributed by atoms with van der Waals surface area (Å²) in [5.41, 5.74) is 0. The Hall–Kier alpha value is -1.26. The zero-order valence-electron chi connectivity index (χ0n) is 10.1. The van der Waals surface area contributed by atoms with Gasteiger partial charge in [0, 0.05) is 19.6 Å². The highest BCUT2D eigenvalue weighted by Crippen LogP contribution is 2.19. The van der Waals surface area contributed by atoms with Crippen molar-refractivity contribution in [3.05, 3.63) is 0 Å². The summed E-state index contributed by atoms with van der Waals surface area (Å²) in [7, 11) is 1.57. The van der Waals surface area contributed by atoms with Gasteiger partial charge in [0.2, 0.25) is 0 Å². The van der Waals surface area contributed by atoms with Crippen LogP contribution in [0.4, 0.5) is 4.79 Å². The number of nitrogens with zero attached hydrogens (tertiary/aromatic N) is 2. The van der Waals surface area contributed by atoms with Crippen LogP contribution in [0.15, 0.2) is 0 Å². The molecule has 0 radical (unpaired) electrons. The minimum Gasteiger partial charge on any atom is -0.480 e. The second-order valence-electron chi connectivity index (χ2n) is 4.34. The molecule has 0 bridgehead atoms. The number of carbonyl (C=O) groups is 2. The van der Waals surface area contributed by atoms with Crippen LogP contribution in [0.25, 0.3) is 0 Å². The second kappa shape index (κ2) is 5.18. The van der Waals surface area contributed by atoms with E-state index in [-0.39, 0.29) is 12.1 Å². The number of carbonyl (C=O) groups excluding carboxylic acids is 1. The van der Waals surface area contributed by atoms with Gasteiger partial charge in [-0.3, -0.25) is 0 Å². The van der Waals surface area contributed by atoms with Gasteiger partial charge in [-0.25, -0.2) is 9.59 Å². The maximum Gasteiger partial charge on any atom is 0.326 e. The Morgan fingerprint density at radius 3 is 2.56 bits per heavy atom. The van der Waals surface area contributed by atoms with E-state index in [1.807, 2.05) is 6.92 Å². The molecule has 1 rings (SSSR count). The van der Waals surface area contributed by atoms with E-state index < -0.39 is 12.0 Å². The summed E-state index contributed by atoms with van der Waals surface area (Å²) in [6.07, 6.45) is 2.44. The standard InChI is InChI=1S/C11H20N2O3/c1-4-9(10(14)15)12(3)11(16)13-7-5-6-8(13)2/h8-9H,4-7H2,1-3H3,(H,14,15). The van der Waals surface area contributed by atoms with E-state index >= 15 is 0 Å². The van der Waals surface area contributed by atoms with E-state index in [2.05, 4.69) is 0 Å². The average Bonchev–Trinajstić information content (AvgIpc) is 2.63. The van der Waals surface area contributed by atoms with Gasteiger partial charge in [0.15, 0.2) is 0 Å². The zero-order chi connectivity index (χ0) is 12.3. The molecule has 0 aliphatic carbocycles. The van der Waals surface area contributed by atoms with E-state index in [9.17, 15) is 9.59 Å². The van der Waals surface area contributed by atoms with Crippen molar-refractivity contribution in [3.8, 4) is 0 Å². The first-order chi connectivity index (χ1) is 7.49. The predicted octanol–water partition coefficient (Wildman–Crippen LogP) is 1.39. The molecule has 1 aliphatic rings. The quantitative estimate of drug-likeness (QED) is 0.794. The Kier molecular flexibility index (Phi) is 4.15. The van der Waals surface area contributed by atoms with Gasteiger partial charge in [0.25, 0.3) is 0 Å². The Balaban J connectivity index is 2.68. The normalized spacial score (nSPS) is 21.9. The number of rotatable bonds is 3. The van der Waals surface area contributed by atoms with Crippen LogP contribution in [0, 0.1) is 0 Å². The molecule has 0 aromatic rings. The highest BCUT2D eigenvalue weighted by atomic mass is 16.4. The number of hydrogen-bond acceptors (Lipinski definition) is 2. The van der Waals surface area contributed by atoms with Gasteiger partial charge < -0.3 is 14.9 Å². The molecular formula is C11H20N2O3. The molecule has 0 aromatic carbocycles. The van der Waals surface area contributed by atoms with Crippen molar-refractivity contribution in [2.24, 2.45) is 0 Å². The minimum atomic E-state index is -0.940. The number of carboxylic acid groups (broad SMARTS) is 1. The Morgan fingerprint density at radius 1 is 1.56 bits per heavy atom. The summed E-state index contributed by atoms with van der Waals surface area (Å²) < 4.78 is 0. The van der Waals surface area contributed by atoms with Crippen molar-refractivity contribution >= 4 is 12.0 Å². The van der Waals surface area contributed by atoms with Crippen LogP contribution in [0.3, 0.4) is 0 Å². The van der Waals surface area contributed by atoms with Crippen LogP contribution in [0.1, 0.15) is 33.1 Å². The molecule has 1 N–H and O–H groups in total.